The zero-order valence-corrected chi connectivity index (χ0v) is 15.0. The number of likely N-dealkylation sites (N-methyl/N-ethyl adjacent to an activating group) is 1. The Bertz CT molecular complexity index is 501. The number of aliphatic hydroxyl groups excluding tert-OH is 1. The number of hydrogen-bond donors (Lipinski definition) is 1. The van der Waals surface area contributed by atoms with Gasteiger partial charge in [-0.15, -0.1) is 0 Å². The van der Waals surface area contributed by atoms with Crippen LogP contribution >= 0.6 is 0 Å². The minimum absolute atomic E-state index is 0.0669. The number of aliphatic hydroxyl groups is 1. The van der Waals surface area contributed by atoms with Crippen molar-refractivity contribution in [2.24, 2.45) is 5.92 Å². The number of morpholine rings is 1. The van der Waals surface area contributed by atoms with Gasteiger partial charge in [-0.1, -0.05) is 44.2 Å². The largest absolute Gasteiger partial charge is 0.390 e. The van der Waals surface area contributed by atoms with E-state index in [2.05, 4.69) is 18.7 Å². The van der Waals surface area contributed by atoms with Crippen molar-refractivity contribution in [2.45, 2.75) is 25.9 Å². The molecule has 134 valence electrons. The highest BCUT2D eigenvalue weighted by Gasteiger charge is 2.28. The lowest BCUT2D eigenvalue weighted by atomic mass is 9.87. The van der Waals surface area contributed by atoms with Gasteiger partial charge in [0.15, 0.2) is 0 Å². The zero-order chi connectivity index (χ0) is 17.5. The van der Waals surface area contributed by atoms with Crippen LogP contribution in [0.25, 0.3) is 0 Å². The third-order valence-electron chi connectivity index (χ3n) is 4.52. The van der Waals surface area contributed by atoms with Gasteiger partial charge >= 0.3 is 0 Å². The fourth-order valence-electron chi connectivity index (χ4n) is 3.26. The molecule has 1 N–H and O–H groups in total. The topological polar surface area (TPSA) is 53.0 Å². The van der Waals surface area contributed by atoms with Crippen LogP contribution in [0, 0.1) is 5.92 Å². The van der Waals surface area contributed by atoms with Crippen molar-refractivity contribution in [3.05, 3.63) is 35.9 Å². The minimum Gasteiger partial charge on any atom is -0.390 e. The smallest absolute Gasteiger partial charge is 0.230 e. The van der Waals surface area contributed by atoms with Crippen LogP contribution in [0.4, 0.5) is 0 Å². The Kier molecular flexibility index (Phi) is 7.21. The Morgan fingerprint density at radius 1 is 1.25 bits per heavy atom. The van der Waals surface area contributed by atoms with E-state index in [4.69, 9.17) is 4.74 Å². The molecule has 1 saturated heterocycles. The minimum atomic E-state index is -0.541. The molecule has 1 aromatic rings. The molecule has 0 radical (unpaired) electrons. The second-order valence-electron chi connectivity index (χ2n) is 6.92. The molecule has 0 aliphatic carbocycles. The third-order valence-corrected chi connectivity index (χ3v) is 4.52. The van der Waals surface area contributed by atoms with Gasteiger partial charge < -0.3 is 14.7 Å². The maximum Gasteiger partial charge on any atom is 0.230 e. The van der Waals surface area contributed by atoms with E-state index in [9.17, 15) is 9.90 Å². The summed E-state index contributed by atoms with van der Waals surface area (Å²) in [5.41, 5.74) is 1.03. The Balaban J connectivity index is 1.93. The van der Waals surface area contributed by atoms with Crippen LogP contribution in [0.3, 0.4) is 0 Å². The van der Waals surface area contributed by atoms with E-state index < -0.39 is 6.10 Å². The molecule has 2 atom stereocenters. The molecule has 5 nitrogen and oxygen atoms in total. The molecule has 1 aliphatic heterocycles. The third kappa shape index (κ3) is 5.30. The van der Waals surface area contributed by atoms with Crippen molar-refractivity contribution in [2.75, 3.05) is 46.4 Å². The van der Waals surface area contributed by atoms with Crippen LogP contribution in [0.5, 0.6) is 0 Å². The van der Waals surface area contributed by atoms with Gasteiger partial charge in [0.05, 0.1) is 25.2 Å². The predicted molar refractivity (Wildman–Crippen MR) is 94.9 cm³/mol. The van der Waals surface area contributed by atoms with Crippen LogP contribution in [0.15, 0.2) is 30.3 Å². The lowest BCUT2D eigenvalue weighted by Gasteiger charge is -2.31. The van der Waals surface area contributed by atoms with Gasteiger partial charge in [0, 0.05) is 33.2 Å². The Morgan fingerprint density at radius 2 is 1.88 bits per heavy atom. The van der Waals surface area contributed by atoms with Gasteiger partial charge in [0.2, 0.25) is 5.91 Å². The first-order chi connectivity index (χ1) is 11.5. The van der Waals surface area contributed by atoms with Crippen molar-refractivity contribution in [1.29, 1.82) is 0 Å². The van der Waals surface area contributed by atoms with E-state index in [0.717, 1.165) is 18.7 Å². The molecular formula is C19H30N2O3. The number of hydrogen-bond acceptors (Lipinski definition) is 4. The highest BCUT2D eigenvalue weighted by Crippen LogP contribution is 2.26. The molecule has 1 amide bonds. The number of ether oxygens (including phenoxy) is 1. The summed E-state index contributed by atoms with van der Waals surface area (Å²) in [6.07, 6.45) is -0.541. The molecule has 1 aliphatic rings. The number of benzene rings is 1. The average molecular weight is 334 g/mol. The lowest BCUT2D eigenvalue weighted by Crippen LogP contribution is -2.46. The van der Waals surface area contributed by atoms with Crippen molar-refractivity contribution in [3.8, 4) is 0 Å². The van der Waals surface area contributed by atoms with Crippen molar-refractivity contribution in [1.82, 2.24) is 9.80 Å². The first kappa shape index (κ1) is 18.9. The van der Waals surface area contributed by atoms with Gasteiger partial charge in [-0.2, -0.15) is 0 Å². The summed E-state index contributed by atoms with van der Waals surface area (Å²) in [5, 5.41) is 10.3. The highest BCUT2D eigenvalue weighted by atomic mass is 16.5. The normalized spacial score (nSPS) is 18.4. The maximum absolute atomic E-state index is 12.9. The summed E-state index contributed by atoms with van der Waals surface area (Å²) in [5.74, 6) is 0.0998. The Labute approximate surface area is 145 Å². The fraction of sp³-hybridized carbons (Fsp3) is 0.632. The molecule has 0 saturated carbocycles. The number of rotatable bonds is 7. The summed E-state index contributed by atoms with van der Waals surface area (Å²) in [4.78, 5) is 16.7. The number of amides is 1. The molecule has 0 spiro atoms. The van der Waals surface area contributed by atoms with Gasteiger partial charge in [0.25, 0.3) is 0 Å². The molecule has 1 aromatic carbocycles. The molecule has 5 heteroatoms. The SMILES string of the molecule is CC(C)C(C(=O)N(C)CC(O)CN1CCOCC1)c1ccccc1. The van der Waals surface area contributed by atoms with Gasteiger partial charge in [-0.05, 0) is 11.5 Å². The first-order valence-corrected chi connectivity index (χ1v) is 8.77. The summed E-state index contributed by atoms with van der Waals surface area (Å²) < 4.78 is 5.32. The van der Waals surface area contributed by atoms with E-state index >= 15 is 0 Å². The van der Waals surface area contributed by atoms with Crippen LogP contribution in [0.2, 0.25) is 0 Å². The highest BCUT2D eigenvalue weighted by molar-refractivity contribution is 5.83. The monoisotopic (exact) mass is 334 g/mol. The summed E-state index contributed by atoms with van der Waals surface area (Å²) in [6, 6.07) is 9.89. The maximum atomic E-state index is 12.9. The van der Waals surface area contributed by atoms with Crippen molar-refractivity contribution in [3.63, 3.8) is 0 Å². The summed E-state index contributed by atoms with van der Waals surface area (Å²) in [6.45, 7) is 8.17. The Morgan fingerprint density at radius 3 is 2.46 bits per heavy atom. The van der Waals surface area contributed by atoms with Crippen LogP contribution < -0.4 is 0 Å². The predicted octanol–water partition coefficient (Wildman–Crippen LogP) is 1.58. The van der Waals surface area contributed by atoms with Gasteiger partial charge in [0.1, 0.15) is 0 Å². The second-order valence-corrected chi connectivity index (χ2v) is 6.92. The van der Waals surface area contributed by atoms with E-state index in [0.29, 0.717) is 26.3 Å². The molecule has 1 fully saturated rings. The van der Waals surface area contributed by atoms with Gasteiger partial charge in [-0.25, -0.2) is 0 Å². The number of carbonyl (C=O) groups excluding carboxylic acids is 1. The second kappa shape index (κ2) is 9.16. The van der Waals surface area contributed by atoms with E-state index in [1.165, 1.54) is 0 Å². The quantitative estimate of drug-likeness (QED) is 0.822. The number of carbonyl (C=O) groups is 1. The van der Waals surface area contributed by atoms with E-state index in [1.54, 1.807) is 11.9 Å². The molecular weight excluding hydrogens is 304 g/mol. The van der Waals surface area contributed by atoms with Crippen molar-refractivity contribution < 1.29 is 14.6 Å². The first-order valence-electron chi connectivity index (χ1n) is 8.77. The Hall–Kier alpha value is -1.43. The number of nitrogens with zero attached hydrogens (tertiary/aromatic N) is 2. The van der Waals surface area contributed by atoms with Gasteiger partial charge in [-0.3, -0.25) is 9.69 Å². The average Bonchev–Trinajstić information content (AvgIpc) is 2.56. The molecule has 24 heavy (non-hydrogen) atoms. The summed E-state index contributed by atoms with van der Waals surface area (Å²) in [7, 11) is 1.78. The molecule has 2 rings (SSSR count). The zero-order valence-electron chi connectivity index (χ0n) is 15.0. The van der Waals surface area contributed by atoms with Crippen LogP contribution in [-0.2, 0) is 9.53 Å². The van der Waals surface area contributed by atoms with E-state index in [1.807, 2.05) is 30.3 Å². The van der Waals surface area contributed by atoms with Crippen molar-refractivity contribution >= 4 is 5.91 Å². The molecule has 2 unspecified atom stereocenters. The molecule has 0 bridgehead atoms. The van der Waals surface area contributed by atoms with E-state index in [-0.39, 0.29) is 17.7 Å². The van der Waals surface area contributed by atoms with Crippen LogP contribution in [0.1, 0.15) is 25.3 Å². The number of β-amino-alcohol motifs (C(OH)–C–C–N with tert-alkyl or cyclic N) is 1. The molecule has 1 heterocycles. The standard InChI is InChI=1S/C19H30N2O3/c1-15(2)18(16-7-5-4-6-8-16)19(23)20(3)13-17(22)14-21-9-11-24-12-10-21/h4-8,15,17-18,22H,9-14H2,1-3H3. The summed E-state index contributed by atoms with van der Waals surface area (Å²) >= 11 is 0. The molecule has 0 aromatic heterocycles. The lowest BCUT2D eigenvalue weighted by molar-refractivity contribution is -0.134. The van der Waals surface area contributed by atoms with Crippen LogP contribution in [-0.4, -0.2) is 73.4 Å². The fourth-order valence-corrected chi connectivity index (χ4v) is 3.26.